The predicted molar refractivity (Wildman–Crippen MR) is 95.9 cm³/mol. The molecular weight excluding hydrogens is 338 g/mol. The van der Waals surface area contributed by atoms with Gasteiger partial charge in [-0.15, -0.1) is 11.3 Å². The normalized spacial score (nSPS) is 10.4. The van der Waals surface area contributed by atoms with E-state index in [2.05, 4.69) is 0 Å². The molecule has 1 aromatic carbocycles. The third kappa shape index (κ3) is 3.97. The molecule has 3 aromatic rings. The van der Waals surface area contributed by atoms with E-state index in [-0.39, 0.29) is 25.0 Å². The highest BCUT2D eigenvalue weighted by Crippen LogP contribution is 2.22. The van der Waals surface area contributed by atoms with Gasteiger partial charge < -0.3 is 14.0 Å². The lowest BCUT2D eigenvalue weighted by molar-refractivity contribution is 0.0455. The second-order valence-corrected chi connectivity index (χ2v) is 6.18. The van der Waals surface area contributed by atoms with Crippen molar-refractivity contribution in [1.29, 1.82) is 0 Å². The summed E-state index contributed by atoms with van der Waals surface area (Å²) in [6.45, 7) is 1.77. The summed E-state index contributed by atoms with van der Waals surface area (Å²) in [5.74, 6) is 0.0416. The number of nitrogens with zero attached hydrogens (tertiary/aromatic N) is 1. The quantitative estimate of drug-likeness (QED) is 0.365. The minimum Gasteiger partial charge on any atom is -0.489 e. The molecule has 0 unspecified atom stereocenters. The molecule has 0 bridgehead atoms. The van der Waals surface area contributed by atoms with E-state index >= 15 is 0 Å². The van der Waals surface area contributed by atoms with Gasteiger partial charge in [-0.3, -0.25) is 4.79 Å². The number of para-hydroxylation sites is 1. The monoisotopic (exact) mass is 355 g/mol. The molecule has 128 valence electrons. The van der Waals surface area contributed by atoms with Crippen LogP contribution < -0.4 is 4.74 Å². The lowest BCUT2D eigenvalue weighted by Crippen LogP contribution is -2.13. The molecule has 6 heteroatoms. The molecule has 2 aromatic heterocycles. The van der Waals surface area contributed by atoms with Crippen molar-refractivity contribution >= 4 is 23.1 Å². The van der Waals surface area contributed by atoms with Gasteiger partial charge in [0.05, 0.1) is 11.3 Å². The largest absolute Gasteiger partial charge is 0.489 e. The first-order valence-corrected chi connectivity index (χ1v) is 8.65. The molecule has 0 N–H and O–H groups in total. The molecule has 0 aliphatic heterocycles. The molecule has 2 heterocycles. The summed E-state index contributed by atoms with van der Waals surface area (Å²) in [6.07, 6.45) is 3.75. The lowest BCUT2D eigenvalue weighted by Gasteiger charge is -2.10. The maximum Gasteiger partial charge on any atom is 0.350 e. The average molecular weight is 355 g/mol. The van der Waals surface area contributed by atoms with Gasteiger partial charge in [-0.2, -0.15) is 0 Å². The number of ether oxygens (including phenoxy) is 2. The van der Waals surface area contributed by atoms with E-state index in [0.29, 0.717) is 16.2 Å². The third-order valence-corrected chi connectivity index (χ3v) is 4.44. The van der Waals surface area contributed by atoms with Crippen LogP contribution in [-0.2, 0) is 4.74 Å². The van der Waals surface area contributed by atoms with Crippen LogP contribution >= 0.6 is 11.3 Å². The van der Waals surface area contributed by atoms with E-state index in [1.54, 1.807) is 24.3 Å². The first-order valence-electron chi connectivity index (χ1n) is 7.77. The van der Waals surface area contributed by atoms with Crippen molar-refractivity contribution < 1.29 is 19.1 Å². The van der Waals surface area contributed by atoms with E-state index in [1.807, 2.05) is 40.5 Å². The highest BCUT2D eigenvalue weighted by molar-refractivity contribution is 7.12. The number of Topliss-reactive ketones (excluding diaryl/α,β-unsaturated/α-hetero) is 1. The number of carbonyl (C=O) groups is 2. The molecule has 3 rings (SSSR count). The Morgan fingerprint density at radius 1 is 1.04 bits per heavy atom. The number of hydrogen-bond acceptors (Lipinski definition) is 5. The Kier molecular flexibility index (Phi) is 5.30. The minimum absolute atomic E-state index is 0.0671. The molecule has 0 saturated carbocycles. The van der Waals surface area contributed by atoms with Crippen LogP contribution in [0.2, 0.25) is 0 Å². The van der Waals surface area contributed by atoms with Gasteiger partial charge >= 0.3 is 5.97 Å². The van der Waals surface area contributed by atoms with Crippen LogP contribution in [0.25, 0.3) is 5.69 Å². The SMILES string of the molecule is CC(=O)c1ccccc1OCCOC(=O)c1sccc1-n1cccc1. The van der Waals surface area contributed by atoms with Crippen LogP contribution in [0.4, 0.5) is 0 Å². The van der Waals surface area contributed by atoms with Crippen LogP contribution in [0.15, 0.2) is 60.2 Å². The van der Waals surface area contributed by atoms with Gasteiger partial charge in [-0.05, 0) is 42.6 Å². The molecule has 5 nitrogen and oxygen atoms in total. The predicted octanol–water partition coefficient (Wildman–Crippen LogP) is 3.98. The van der Waals surface area contributed by atoms with Gasteiger partial charge in [0.1, 0.15) is 23.8 Å². The fourth-order valence-electron chi connectivity index (χ4n) is 2.39. The minimum atomic E-state index is -0.387. The number of aromatic nitrogens is 1. The summed E-state index contributed by atoms with van der Waals surface area (Å²) in [5, 5.41) is 1.85. The summed E-state index contributed by atoms with van der Waals surface area (Å²) in [6, 6.07) is 12.7. The fourth-order valence-corrected chi connectivity index (χ4v) is 3.17. The number of benzene rings is 1. The zero-order valence-electron chi connectivity index (χ0n) is 13.7. The number of ketones is 1. The lowest BCUT2D eigenvalue weighted by atomic mass is 10.1. The van der Waals surface area contributed by atoms with Crippen LogP contribution in [0, 0.1) is 0 Å². The van der Waals surface area contributed by atoms with E-state index in [1.165, 1.54) is 18.3 Å². The number of thiophene rings is 1. The summed E-state index contributed by atoms with van der Waals surface area (Å²) < 4.78 is 12.7. The van der Waals surface area contributed by atoms with Crippen molar-refractivity contribution in [2.45, 2.75) is 6.92 Å². The summed E-state index contributed by atoms with van der Waals surface area (Å²) in [5.41, 5.74) is 1.31. The second kappa shape index (κ2) is 7.81. The van der Waals surface area contributed by atoms with Crippen LogP contribution in [-0.4, -0.2) is 29.5 Å². The Labute approximate surface area is 149 Å². The van der Waals surface area contributed by atoms with E-state index in [9.17, 15) is 9.59 Å². The van der Waals surface area contributed by atoms with Crippen molar-refractivity contribution in [1.82, 2.24) is 4.57 Å². The van der Waals surface area contributed by atoms with E-state index in [4.69, 9.17) is 9.47 Å². The molecular formula is C19H17NO4S. The zero-order valence-corrected chi connectivity index (χ0v) is 14.5. The van der Waals surface area contributed by atoms with Crippen molar-refractivity contribution in [3.63, 3.8) is 0 Å². The Morgan fingerprint density at radius 3 is 2.56 bits per heavy atom. The van der Waals surface area contributed by atoms with Crippen LogP contribution in [0.1, 0.15) is 27.0 Å². The molecule has 25 heavy (non-hydrogen) atoms. The number of rotatable bonds is 7. The third-order valence-electron chi connectivity index (χ3n) is 3.55. The van der Waals surface area contributed by atoms with Crippen LogP contribution in [0.3, 0.4) is 0 Å². The molecule has 0 aliphatic rings. The Morgan fingerprint density at radius 2 is 1.80 bits per heavy atom. The summed E-state index contributed by atoms with van der Waals surface area (Å²) in [7, 11) is 0. The van der Waals surface area contributed by atoms with Crippen molar-refractivity contribution in [3.05, 3.63) is 70.7 Å². The Balaban J connectivity index is 1.56. The van der Waals surface area contributed by atoms with Gasteiger partial charge in [-0.1, -0.05) is 12.1 Å². The standard InChI is InChI=1S/C19H17NO4S/c1-14(21)15-6-2-3-7-17(15)23-11-12-24-19(22)18-16(8-13-25-18)20-9-4-5-10-20/h2-10,13H,11-12H2,1H3. The van der Waals surface area contributed by atoms with Gasteiger partial charge in [0.2, 0.25) is 0 Å². The van der Waals surface area contributed by atoms with Gasteiger partial charge in [0, 0.05) is 12.4 Å². The fraction of sp³-hybridized carbons (Fsp3) is 0.158. The zero-order chi connectivity index (χ0) is 17.6. The number of hydrogen-bond donors (Lipinski definition) is 0. The molecule has 0 spiro atoms. The van der Waals surface area contributed by atoms with Crippen molar-refractivity contribution in [2.24, 2.45) is 0 Å². The first kappa shape index (κ1) is 17.0. The van der Waals surface area contributed by atoms with Gasteiger partial charge in [0.15, 0.2) is 5.78 Å². The molecule has 0 saturated heterocycles. The van der Waals surface area contributed by atoms with Gasteiger partial charge in [-0.25, -0.2) is 4.79 Å². The average Bonchev–Trinajstić information content (AvgIpc) is 3.29. The molecule has 0 aliphatic carbocycles. The molecule has 0 atom stereocenters. The summed E-state index contributed by atoms with van der Waals surface area (Å²) >= 11 is 1.34. The van der Waals surface area contributed by atoms with Gasteiger partial charge in [0.25, 0.3) is 0 Å². The van der Waals surface area contributed by atoms with E-state index in [0.717, 1.165) is 5.69 Å². The topological polar surface area (TPSA) is 57.5 Å². The maximum absolute atomic E-state index is 12.3. The molecule has 0 amide bonds. The second-order valence-electron chi connectivity index (χ2n) is 5.26. The Bertz CT molecular complexity index is 867. The van der Waals surface area contributed by atoms with Crippen molar-refractivity contribution in [2.75, 3.05) is 13.2 Å². The Hall–Kier alpha value is -2.86. The molecule has 0 radical (unpaired) electrons. The number of esters is 1. The highest BCUT2D eigenvalue weighted by Gasteiger charge is 2.16. The smallest absolute Gasteiger partial charge is 0.350 e. The number of carbonyl (C=O) groups excluding carboxylic acids is 2. The van der Waals surface area contributed by atoms with Crippen LogP contribution in [0.5, 0.6) is 5.75 Å². The first-order chi connectivity index (χ1) is 12.2. The molecule has 0 fully saturated rings. The maximum atomic E-state index is 12.3. The van der Waals surface area contributed by atoms with E-state index < -0.39 is 0 Å². The van der Waals surface area contributed by atoms with Crippen molar-refractivity contribution in [3.8, 4) is 11.4 Å². The highest BCUT2D eigenvalue weighted by atomic mass is 32.1. The summed E-state index contributed by atoms with van der Waals surface area (Å²) in [4.78, 5) is 24.4.